The van der Waals surface area contributed by atoms with Crippen LogP contribution in [-0.4, -0.2) is 23.0 Å². The van der Waals surface area contributed by atoms with Crippen LogP contribution in [0.25, 0.3) is 0 Å². The van der Waals surface area contributed by atoms with Gasteiger partial charge >= 0.3 is 0 Å². The number of hydrogen-bond donors (Lipinski definition) is 0. The third-order valence-electron chi connectivity index (χ3n) is 3.34. The zero-order chi connectivity index (χ0) is 15.6. The van der Waals surface area contributed by atoms with Gasteiger partial charge in [0, 0.05) is 19.2 Å². The highest BCUT2D eigenvalue weighted by molar-refractivity contribution is 6.42. The lowest BCUT2D eigenvalue weighted by Gasteiger charge is -2.17. The Balaban J connectivity index is 2.04. The predicted molar refractivity (Wildman–Crippen MR) is 82.6 cm³/mol. The van der Waals surface area contributed by atoms with Gasteiger partial charge in [0.05, 0.1) is 22.2 Å². The molecule has 0 unspecified atom stereocenters. The van der Waals surface area contributed by atoms with Crippen LogP contribution in [0.3, 0.4) is 0 Å². The summed E-state index contributed by atoms with van der Waals surface area (Å²) in [5, 5.41) is 4.85. The Labute approximate surface area is 133 Å². The van der Waals surface area contributed by atoms with Gasteiger partial charge in [0.25, 0.3) is 0 Å². The third kappa shape index (κ3) is 3.77. The molecule has 2 rings (SSSR count). The van der Waals surface area contributed by atoms with Gasteiger partial charge in [-0.25, -0.2) is 0 Å². The number of rotatable bonds is 4. The van der Waals surface area contributed by atoms with Crippen molar-refractivity contribution >= 4 is 29.1 Å². The SMILES string of the molecule is Cc1noc(C)c1CC(=O)N(C)Cc1ccc(Cl)c(Cl)c1. The van der Waals surface area contributed by atoms with E-state index >= 15 is 0 Å². The lowest BCUT2D eigenvalue weighted by atomic mass is 10.1. The van der Waals surface area contributed by atoms with E-state index in [2.05, 4.69) is 5.16 Å². The third-order valence-corrected chi connectivity index (χ3v) is 4.08. The minimum Gasteiger partial charge on any atom is -0.361 e. The summed E-state index contributed by atoms with van der Waals surface area (Å²) in [6, 6.07) is 5.35. The highest BCUT2D eigenvalue weighted by Gasteiger charge is 2.16. The molecular weight excluding hydrogens is 311 g/mol. The van der Waals surface area contributed by atoms with E-state index in [9.17, 15) is 4.79 Å². The molecule has 112 valence electrons. The van der Waals surface area contributed by atoms with Crippen molar-refractivity contribution in [3.8, 4) is 0 Å². The molecule has 0 aliphatic carbocycles. The number of carbonyl (C=O) groups is 1. The molecule has 0 saturated heterocycles. The van der Waals surface area contributed by atoms with Crippen molar-refractivity contribution in [2.24, 2.45) is 0 Å². The second-order valence-corrected chi connectivity index (χ2v) is 5.79. The molecule has 0 atom stereocenters. The van der Waals surface area contributed by atoms with Gasteiger partial charge in [-0.3, -0.25) is 4.79 Å². The van der Waals surface area contributed by atoms with Gasteiger partial charge in [-0.2, -0.15) is 0 Å². The van der Waals surface area contributed by atoms with Gasteiger partial charge in [-0.15, -0.1) is 0 Å². The summed E-state index contributed by atoms with van der Waals surface area (Å²) in [4.78, 5) is 13.9. The normalized spacial score (nSPS) is 10.7. The van der Waals surface area contributed by atoms with E-state index in [1.165, 1.54) is 0 Å². The first-order chi connectivity index (χ1) is 9.88. The number of aromatic nitrogens is 1. The molecule has 0 radical (unpaired) electrons. The van der Waals surface area contributed by atoms with Gasteiger partial charge in [-0.1, -0.05) is 34.4 Å². The second kappa shape index (κ2) is 6.50. The van der Waals surface area contributed by atoms with E-state index in [0.29, 0.717) is 22.4 Å². The quantitative estimate of drug-likeness (QED) is 0.858. The molecule has 21 heavy (non-hydrogen) atoms. The average Bonchev–Trinajstić information content (AvgIpc) is 2.74. The Morgan fingerprint density at radius 2 is 2.00 bits per heavy atom. The minimum atomic E-state index is -0.00419. The maximum Gasteiger partial charge on any atom is 0.227 e. The fourth-order valence-corrected chi connectivity index (χ4v) is 2.36. The summed E-state index contributed by atoms with van der Waals surface area (Å²) in [5.41, 5.74) is 2.53. The van der Waals surface area contributed by atoms with E-state index < -0.39 is 0 Å². The molecule has 0 N–H and O–H groups in total. The Kier molecular flexibility index (Phi) is 4.91. The van der Waals surface area contributed by atoms with Crippen molar-refractivity contribution in [2.45, 2.75) is 26.8 Å². The number of carbonyl (C=O) groups excluding carboxylic acids is 1. The van der Waals surface area contributed by atoms with Crippen LogP contribution in [0.4, 0.5) is 0 Å². The topological polar surface area (TPSA) is 46.3 Å². The predicted octanol–water partition coefficient (Wildman–Crippen LogP) is 3.80. The number of hydrogen-bond acceptors (Lipinski definition) is 3. The fourth-order valence-electron chi connectivity index (χ4n) is 2.04. The van der Waals surface area contributed by atoms with E-state index in [1.807, 2.05) is 19.9 Å². The summed E-state index contributed by atoms with van der Waals surface area (Å²) in [7, 11) is 1.75. The van der Waals surface area contributed by atoms with Crippen LogP contribution in [0.2, 0.25) is 10.0 Å². The number of likely N-dealkylation sites (N-methyl/N-ethyl adjacent to an activating group) is 1. The van der Waals surface area contributed by atoms with Crippen LogP contribution in [0.1, 0.15) is 22.6 Å². The average molecular weight is 327 g/mol. The van der Waals surface area contributed by atoms with E-state index in [1.54, 1.807) is 24.1 Å². The van der Waals surface area contributed by atoms with Gasteiger partial charge in [0.15, 0.2) is 0 Å². The first-order valence-electron chi connectivity index (χ1n) is 6.48. The standard InChI is InChI=1S/C15H16Cl2N2O2/c1-9-12(10(2)21-18-9)7-15(20)19(3)8-11-4-5-13(16)14(17)6-11/h4-6H,7-8H2,1-3H3. The zero-order valence-corrected chi connectivity index (χ0v) is 13.6. The molecule has 0 aliphatic heterocycles. The molecule has 0 spiro atoms. The van der Waals surface area contributed by atoms with E-state index in [4.69, 9.17) is 27.7 Å². The van der Waals surface area contributed by atoms with Gasteiger partial charge in [0.1, 0.15) is 5.76 Å². The molecule has 0 bridgehead atoms. The largest absolute Gasteiger partial charge is 0.361 e. The number of aryl methyl sites for hydroxylation is 2. The smallest absolute Gasteiger partial charge is 0.227 e. The molecule has 1 aromatic heterocycles. The first kappa shape index (κ1) is 15.9. The Hall–Kier alpha value is -1.52. The molecule has 0 fully saturated rings. The maximum absolute atomic E-state index is 12.3. The summed E-state index contributed by atoms with van der Waals surface area (Å²) < 4.78 is 5.07. The monoisotopic (exact) mass is 326 g/mol. The molecular formula is C15H16Cl2N2O2. The van der Waals surface area contributed by atoms with Crippen LogP contribution in [0, 0.1) is 13.8 Å². The van der Waals surface area contributed by atoms with Crippen molar-refractivity contribution in [1.29, 1.82) is 0 Å². The van der Waals surface area contributed by atoms with Crippen molar-refractivity contribution in [2.75, 3.05) is 7.05 Å². The molecule has 1 amide bonds. The molecule has 4 nitrogen and oxygen atoms in total. The van der Waals surface area contributed by atoms with Crippen LogP contribution >= 0.6 is 23.2 Å². The molecule has 2 aromatic rings. The number of amides is 1. The van der Waals surface area contributed by atoms with Gasteiger partial charge < -0.3 is 9.42 Å². The highest BCUT2D eigenvalue weighted by Crippen LogP contribution is 2.23. The minimum absolute atomic E-state index is 0.00419. The fraction of sp³-hybridized carbons (Fsp3) is 0.333. The number of nitrogens with zero attached hydrogens (tertiary/aromatic N) is 2. The van der Waals surface area contributed by atoms with Crippen LogP contribution in [0.5, 0.6) is 0 Å². The Bertz CT molecular complexity index is 648. The number of benzene rings is 1. The molecule has 0 saturated carbocycles. The Morgan fingerprint density at radius 3 is 2.57 bits per heavy atom. The van der Waals surface area contributed by atoms with Crippen molar-refractivity contribution in [1.82, 2.24) is 10.1 Å². The lowest BCUT2D eigenvalue weighted by molar-refractivity contribution is -0.129. The van der Waals surface area contributed by atoms with Crippen molar-refractivity contribution in [3.05, 3.63) is 50.8 Å². The second-order valence-electron chi connectivity index (χ2n) is 4.98. The van der Waals surface area contributed by atoms with E-state index in [0.717, 1.165) is 16.8 Å². The van der Waals surface area contributed by atoms with Crippen LogP contribution < -0.4 is 0 Å². The van der Waals surface area contributed by atoms with E-state index in [-0.39, 0.29) is 12.3 Å². The summed E-state index contributed by atoms with van der Waals surface area (Å²) in [6.45, 7) is 4.11. The molecule has 0 aliphatic rings. The summed E-state index contributed by atoms with van der Waals surface area (Å²) in [6.07, 6.45) is 0.277. The molecule has 6 heteroatoms. The van der Waals surface area contributed by atoms with Crippen molar-refractivity contribution < 1.29 is 9.32 Å². The lowest BCUT2D eigenvalue weighted by Crippen LogP contribution is -2.28. The molecule has 1 heterocycles. The molecule has 1 aromatic carbocycles. The van der Waals surface area contributed by atoms with Gasteiger partial charge in [0.2, 0.25) is 5.91 Å². The first-order valence-corrected chi connectivity index (χ1v) is 7.23. The summed E-state index contributed by atoms with van der Waals surface area (Å²) >= 11 is 11.9. The van der Waals surface area contributed by atoms with Crippen LogP contribution in [-0.2, 0) is 17.8 Å². The van der Waals surface area contributed by atoms with Crippen molar-refractivity contribution in [3.63, 3.8) is 0 Å². The van der Waals surface area contributed by atoms with Gasteiger partial charge in [-0.05, 0) is 31.5 Å². The maximum atomic E-state index is 12.3. The number of halogens is 2. The van der Waals surface area contributed by atoms with Crippen LogP contribution in [0.15, 0.2) is 22.7 Å². The summed E-state index contributed by atoms with van der Waals surface area (Å²) in [5.74, 6) is 0.680. The zero-order valence-electron chi connectivity index (χ0n) is 12.1. The Morgan fingerprint density at radius 1 is 1.29 bits per heavy atom. The highest BCUT2D eigenvalue weighted by atomic mass is 35.5.